The van der Waals surface area contributed by atoms with E-state index >= 15 is 0 Å². The molecule has 1 aliphatic heterocycles. The molecule has 1 atom stereocenters. The topological polar surface area (TPSA) is 68.3 Å². The third-order valence-corrected chi connectivity index (χ3v) is 3.72. The molecule has 3 N–H and O–H groups in total. The second-order valence-electron chi connectivity index (χ2n) is 5.08. The van der Waals surface area contributed by atoms with Crippen molar-refractivity contribution in [3.05, 3.63) is 18.0 Å². The summed E-state index contributed by atoms with van der Waals surface area (Å²) in [7, 11) is 0. The average Bonchev–Trinajstić information content (AvgIpc) is 3.12. The van der Waals surface area contributed by atoms with Crippen LogP contribution < -0.4 is 10.6 Å². The van der Waals surface area contributed by atoms with Gasteiger partial charge >= 0.3 is 0 Å². The largest absolute Gasteiger partial charge is 0.357 e. The van der Waals surface area contributed by atoms with Gasteiger partial charge in [0.05, 0.1) is 12.2 Å². The molecule has 0 bridgehead atoms. The van der Waals surface area contributed by atoms with E-state index in [9.17, 15) is 0 Å². The molecular weight excluding hydrogens is 379 g/mol. The summed E-state index contributed by atoms with van der Waals surface area (Å²) in [5.41, 5.74) is 1.03. The second-order valence-corrected chi connectivity index (χ2v) is 5.08. The van der Waals surface area contributed by atoms with Crippen molar-refractivity contribution in [2.75, 3.05) is 26.2 Å². The Hall–Kier alpha value is -0.830. The third kappa shape index (κ3) is 5.82. The van der Waals surface area contributed by atoms with E-state index in [1.165, 1.54) is 19.4 Å². The molecule has 1 unspecified atom stereocenters. The van der Waals surface area contributed by atoms with Gasteiger partial charge in [0, 0.05) is 25.3 Å². The molecule has 2 rings (SSSR count). The number of hydrogen-bond donors (Lipinski definition) is 3. The summed E-state index contributed by atoms with van der Waals surface area (Å²) in [6.45, 7) is 9.13. The number of aromatic nitrogens is 2. The maximum absolute atomic E-state index is 4.57. The Kier molecular flexibility index (Phi) is 8.67. The fraction of sp³-hybridized carbons (Fsp3) is 0.714. The van der Waals surface area contributed by atoms with Gasteiger partial charge in [-0.1, -0.05) is 6.92 Å². The molecule has 6 nitrogen and oxygen atoms in total. The minimum atomic E-state index is 0. The number of H-pyrrole nitrogens is 1. The highest BCUT2D eigenvalue weighted by Gasteiger charge is 2.22. The Morgan fingerprint density at radius 1 is 1.48 bits per heavy atom. The monoisotopic (exact) mass is 406 g/mol. The van der Waals surface area contributed by atoms with E-state index in [0.29, 0.717) is 12.6 Å². The van der Waals surface area contributed by atoms with E-state index in [4.69, 9.17) is 0 Å². The number of likely N-dealkylation sites (tertiary alicyclic amines) is 1. The van der Waals surface area contributed by atoms with E-state index < -0.39 is 0 Å². The summed E-state index contributed by atoms with van der Waals surface area (Å²) in [5.74, 6) is 0.880. The summed E-state index contributed by atoms with van der Waals surface area (Å²) in [6.07, 6.45) is 4.34. The van der Waals surface area contributed by atoms with Gasteiger partial charge in [-0.05, 0) is 38.9 Å². The molecule has 1 aliphatic rings. The van der Waals surface area contributed by atoms with Crippen LogP contribution in [0, 0.1) is 0 Å². The number of likely N-dealkylation sites (N-methyl/N-ethyl adjacent to an activating group) is 1. The van der Waals surface area contributed by atoms with E-state index in [1.54, 1.807) is 6.20 Å². The molecule has 0 spiro atoms. The van der Waals surface area contributed by atoms with Gasteiger partial charge in [-0.2, -0.15) is 5.10 Å². The van der Waals surface area contributed by atoms with Crippen LogP contribution in [0.4, 0.5) is 0 Å². The molecule has 0 aliphatic carbocycles. The number of halogens is 1. The molecule has 0 saturated carbocycles. The molecule has 0 amide bonds. The Morgan fingerprint density at radius 3 is 3.00 bits per heavy atom. The molecule has 7 heteroatoms. The first-order chi connectivity index (χ1) is 9.83. The molecule has 1 fully saturated rings. The number of rotatable bonds is 6. The Bertz CT molecular complexity index is 406. The minimum Gasteiger partial charge on any atom is -0.357 e. The van der Waals surface area contributed by atoms with Crippen LogP contribution in [-0.4, -0.2) is 53.3 Å². The van der Waals surface area contributed by atoms with Crippen LogP contribution >= 0.6 is 24.0 Å². The highest BCUT2D eigenvalue weighted by atomic mass is 127. The summed E-state index contributed by atoms with van der Waals surface area (Å²) < 4.78 is 0. The second kappa shape index (κ2) is 9.99. The van der Waals surface area contributed by atoms with Gasteiger partial charge in [0.1, 0.15) is 0 Å². The maximum atomic E-state index is 4.57. The molecule has 1 saturated heterocycles. The summed E-state index contributed by atoms with van der Waals surface area (Å²) in [5, 5.41) is 13.6. The minimum absolute atomic E-state index is 0. The quantitative estimate of drug-likeness (QED) is 0.381. The highest BCUT2D eigenvalue weighted by molar-refractivity contribution is 14.0. The first-order valence-corrected chi connectivity index (χ1v) is 7.58. The van der Waals surface area contributed by atoms with Crippen LogP contribution in [0.5, 0.6) is 0 Å². The van der Waals surface area contributed by atoms with E-state index in [-0.39, 0.29) is 24.0 Å². The third-order valence-electron chi connectivity index (χ3n) is 3.72. The van der Waals surface area contributed by atoms with E-state index in [1.807, 2.05) is 6.07 Å². The lowest BCUT2D eigenvalue weighted by molar-refractivity contribution is 0.267. The number of guanidine groups is 1. The number of aromatic amines is 1. The molecule has 1 aromatic rings. The lowest BCUT2D eigenvalue weighted by Crippen LogP contribution is -2.44. The van der Waals surface area contributed by atoms with E-state index in [2.05, 4.69) is 44.6 Å². The van der Waals surface area contributed by atoms with Gasteiger partial charge in [0.25, 0.3) is 0 Å². The normalized spacial score (nSPS) is 19.3. The van der Waals surface area contributed by atoms with Crippen LogP contribution in [0.25, 0.3) is 0 Å². The van der Waals surface area contributed by atoms with Crippen molar-refractivity contribution < 1.29 is 0 Å². The van der Waals surface area contributed by atoms with Gasteiger partial charge in [0.2, 0.25) is 0 Å². The lowest BCUT2D eigenvalue weighted by atomic mass is 10.2. The standard InChI is InChI=1S/C14H26N6.HI/c1-3-15-14(16-10-12-7-8-18-19-12)17-11-13-6-5-9-20(13)4-2;/h7-8,13H,3-6,9-11H2,1-2H3,(H,18,19)(H2,15,16,17);1H. The van der Waals surface area contributed by atoms with Crippen molar-refractivity contribution in [2.45, 2.75) is 39.3 Å². The summed E-state index contributed by atoms with van der Waals surface area (Å²) >= 11 is 0. The highest BCUT2D eigenvalue weighted by Crippen LogP contribution is 2.15. The zero-order valence-electron chi connectivity index (χ0n) is 12.9. The molecule has 120 valence electrons. The number of nitrogens with zero attached hydrogens (tertiary/aromatic N) is 3. The van der Waals surface area contributed by atoms with Gasteiger partial charge < -0.3 is 10.6 Å². The summed E-state index contributed by atoms with van der Waals surface area (Å²) in [4.78, 5) is 7.11. The number of hydrogen-bond acceptors (Lipinski definition) is 3. The van der Waals surface area contributed by atoms with Crippen molar-refractivity contribution in [1.29, 1.82) is 0 Å². The van der Waals surface area contributed by atoms with Gasteiger partial charge in [-0.25, -0.2) is 4.99 Å². The fourth-order valence-corrected chi connectivity index (χ4v) is 2.64. The predicted molar refractivity (Wildman–Crippen MR) is 97.1 cm³/mol. The van der Waals surface area contributed by atoms with Crippen molar-refractivity contribution >= 4 is 29.9 Å². The Balaban J connectivity index is 0.00000220. The molecule has 2 heterocycles. The summed E-state index contributed by atoms with van der Waals surface area (Å²) in [6, 6.07) is 2.58. The number of aliphatic imine (C=N–C) groups is 1. The molecule has 21 heavy (non-hydrogen) atoms. The average molecular weight is 406 g/mol. The molecule has 1 aromatic heterocycles. The van der Waals surface area contributed by atoms with Crippen LogP contribution in [0.3, 0.4) is 0 Å². The molecule has 0 radical (unpaired) electrons. The Labute approximate surface area is 144 Å². The predicted octanol–water partition coefficient (Wildman–Crippen LogP) is 1.57. The molecule has 0 aromatic carbocycles. The van der Waals surface area contributed by atoms with Crippen LogP contribution in [-0.2, 0) is 6.54 Å². The molecular formula is C14H27IN6. The van der Waals surface area contributed by atoms with Crippen molar-refractivity contribution in [3.63, 3.8) is 0 Å². The zero-order valence-corrected chi connectivity index (χ0v) is 15.3. The van der Waals surface area contributed by atoms with Gasteiger partial charge in [-0.15, -0.1) is 24.0 Å². The first kappa shape index (κ1) is 18.2. The van der Waals surface area contributed by atoms with Gasteiger partial charge in [-0.3, -0.25) is 10.00 Å². The van der Waals surface area contributed by atoms with Crippen LogP contribution in [0.2, 0.25) is 0 Å². The van der Waals surface area contributed by atoms with Gasteiger partial charge in [0.15, 0.2) is 5.96 Å². The van der Waals surface area contributed by atoms with Crippen molar-refractivity contribution in [3.8, 4) is 0 Å². The SMILES string of the molecule is CCNC(=NCc1ccn[nH]1)NCC1CCCN1CC.I. The first-order valence-electron chi connectivity index (χ1n) is 7.58. The Morgan fingerprint density at radius 2 is 2.33 bits per heavy atom. The lowest BCUT2D eigenvalue weighted by Gasteiger charge is -2.23. The van der Waals surface area contributed by atoms with E-state index in [0.717, 1.165) is 31.3 Å². The van der Waals surface area contributed by atoms with Crippen molar-refractivity contribution in [2.24, 2.45) is 4.99 Å². The number of nitrogens with one attached hydrogen (secondary N) is 3. The van der Waals surface area contributed by atoms with Crippen LogP contribution in [0.1, 0.15) is 32.4 Å². The maximum Gasteiger partial charge on any atom is 0.191 e. The fourth-order valence-electron chi connectivity index (χ4n) is 2.64. The van der Waals surface area contributed by atoms with Crippen molar-refractivity contribution in [1.82, 2.24) is 25.7 Å². The van der Waals surface area contributed by atoms with Crippen LogP contribution in [0.15, 0.2) is 17.3 Å². The smallest absolute Gasteiger partial charge is 0.191 e. The zero-order chi connectivity index (χ0) is 14.2.